The summed E-state index contributed by atoms with van der Waals surface area (Å²) in [5.74, 6) is -0.0435. The molecule has 1 aliphatic heterocycles. The predicted molar refractivity (Wildman–Crippen MR) is 176 cm³/mol. The second kappa shape index (κ2) is 15.3. The molecular weight excluding hydrogens is 588 g/mol. The molecular formula is C35H44N4O5S. The maximum atomic E-state index is 11.2. The van der Waals surface area contributed by atoms with Crippen molar-refractivity contribution in [2.45, 2.75) is 82.5 Å². The lowest BCUT2D eigenvalue weighted by Crippen LogP contribution is -2.46. The number of carbonyl (C=O) groups is 1. The van der Waals surface area contributed by atoms with Crippen molar-refractivity contribution in [2.24, 2.45) is 0 Å². The number of benzene rings is 2. The van der Waals surface area contributed by atoms with Gasteiger partial charge in [-0.1, -0.05) is 36.3 Å². The highest BCUT2D eigenvalue weighted by molar-refractivity contribution is 7.19. The number of hydrogen-bond acceptors (Lipinski definition) is 8. The van der Waals surface area contributed by atoms with Gasteiger partial charge in [-0.25, -0.2) is 14.3 Å². The number of unbranched alkanes of at least 4 members (excludes halogenated alkanes) is 3. The molecule has 0 radical (unpaired) electrons. The molecule has 0 unspecified atom stereocenters. The van der Waals surface area contributed by atoms with Crippen molar-refractivity contribution in [1.29, 1.82) is 0 Å². The number of hydrogen-bond donors (Lipinski definition) is 1. The number of carboxylic acids is 1. The molecule has 240 valence electrons. The van der Waals surface area contributed by atoms with Crippen LogP contribution in [0.2, 0.25) is 0 Å². The summed E-state index contributed by atoms with van der Waals surface area (Å²) in [7, 11) is 1.77. The highest BCUT2D eigenvalue weighted by Gasteiger charge is 2.30. The zero-order chi connectivity index (χ0) is 31.0. The fraction of sp³-hybridized carbons (Fsp3) is 0.514. The monoisotopic (exact) mass is 632 g/mol. The van der Waals surface area contributed by atoms with Gasteiger partial charge < -0.3 is 24.2 Å². The summed E-state index contributed by atoms with van der Waals surface area (Å²) in [5, 5.41) is 14.9. The van der Waals surface area contributed by atoms with E-state index in [4.69, 9.17) is 19.3 Å². The number of imidazole rings is 1. The summed E-state index contributed by atoms with van der Waals surface area (Å²) in [5.41, 5.74) is 2.97. The van der Waals surface area contributed by atoms with E-state index < -0.39 is 5.97 Å². The van der Waals surface area contributed by atoms with E-state index in [-0.39, 0.29) is 11.7 Å². The van der Waals surface area contributed by atoms with Crippen LogP contribution in [-0.4, -0.2) is 82.2 Å². The molecule has 3 heterocycles. The zero-order valence-electron chi connectivity index (χ0n) is 26.1. The fourth-order valence-corrected chi connectivity index (χ4v) is 7.43. The van der Waals surface area contributed by atoms with Gasteiger partial charge in [0.05, 0.1) is 23.6 Å². The van der Waals surface area contributed by atoms with Crippen molar-refractivity contribution in [3.05, 3.63) is 60.3 Å². The van der Waals surface area contributed by atoms with E-state index in [1.54, 1.807) is 37.6 Å². The van der Waals surface area contributed by atoms with Gasteiger partial charge in [0.25, 0.3) is 0 Å². The summed E-state index contributed by atoms with van der Waals surface area (Å²) >= 11 is 1.53. The van der Waals surface area contributed by atoms with Crippen molar-refractivity contribution in [3.63, 3.8) is 0 Å². The van der Waals surface area contributed by atoms with Crippen LogP contribution in [0, 0.1) is 0 Å². The van der Waals surface area contributed by atoms with Crippen molar-refractivity contribution in [1.82, 2.24) is 19.5 Å². The van der Waals surface area contributed by atoms with Crippen LogP contribution in [0.3, 0.4) is 0 Å². The van der Waals surface area contributed by atoms with Crippen LogP contribution < -0.4 is 4.74 Å². The number of aromatic nitrogens is 3. The number of nitrogens with zero attached hydrogens (tertiary/aromatic N) is 4. The molecule has 6 rings (SSSR count). The minimum Gasteiger partial charge on any atom is -0.490 e. The van der Waals surface area contributed by atoms with Crippen LogP contribution in [0.1, 0.15) is 74.6 Å². The Hall–Kier alpha value is -3.31. The Kier molecular flexibility index (Phi) is 10.8. The summed E-state index contributed by atoms with van der Waals surface area (Å²) in [4.78, 5) is 19.2. The van der Waals surface area contributed by atoms with E-state index in [0.29, 0.717) is 12.1 Å². The fourth-order valence-electron chi connectivity index (χ4n) is 6.55. The van der Waals surface area contributed by atoms with Gasteiger partial charge in [0.2, 0.25) is 4.96 Å². The van der Waals surface area contributed by atoms with Gasteiger partial charge in [0.15, 0.2) is 0 Å². The number of rotatable bonds is 14. The third-order valence-electron chi connectivity index (χ3n) is 9.15. The first-order valence-electron chi connectivity index (χ1n) is 16.4. The Bertz CT molecular complexity index is 1500. The normalized spacial score (nSPS) is 19.7. The molecule has 1 saturated heterocycles. The molecule has 0 atom stereocenters. The van der Waals surface area contributed by atoms with Crippen molar-refractivity contribution >= 4 is 22.3 Å². The average Bonchev–Trinajstić information content (AvgIpc) is 3.67. The SMILES string of the molecule is COCCCCCCOC1CCC(N2CCC(Oc3ccc(-c4nn5c(-c6ccc(C(=O)O)cc6)cnc5s4)cc3)CC2)CC1. The molecule has 10 heteroatoms. The Balaban J connectivity index is 0.939. The van der Waals surface area contributed by atoms with Gasteiger partial charge in [-0.3, -0.25) is 0 Å². The molecule has 2 aliphatic rings. The van der Waals surface area contributed by atoms with E-state index in [9.17, 15) is 9.90 Å². The van der Waals surface area contributed by atoms with Gasteiger partial charge in [0.1, 0.15) is 16.9 Å². The summed E-state index contributed by atoms with van der Waals surface area (Å²) in [6.45, 7) is 3.96. The number of fused-ring (bicyclic) bond motifs is 1. The maximum Gasteiger partial charge on any atom is 0.335 e. The lowest BCUT2D eigenvalue weighted by Gasteiger charge is -2.40. The number of likely N-dealkylation sites (tertiary alicyclic amines) is 1. The molecule has 2 fully saturated rings. The van der Waals surface area contributed by atoms with E-state index in [2.05, 4.69) is 22.0 Å². The van der Waals surface area contributed by atoms with Gasteiger partial charge in [0, 0.05) is 50.6 Å². The van der Waals surface area contributed by atoms with Crippen molar-refractivity contribution < 1.29 is 24.1 Å². The van der Waals surface area contributed by atoms with Crippen molar-refractivity contribution in [3.8, 4) is 27.6 Å². The van der Waals surface area contributed by atoms with E-state index in [1.807, 2.05) is 16.6 Å². The maximum absolute atomic E-state index is 11.2. The number of ether oxygens (including phenoxy) is 3. The van der Waals surface area contributed by atoms with Crippen LogP contribution in [0.15, 0.2) is 54.7 Å². The summed E-state index contributed by atoms with van der Waals surface area (Å²) in [6, 6.07) is 15.7. The molecule has 1 aliphatic carbocycles. The molecule has 45 heavy (non-hydrogen) atoms. The Morgan fingerprint density at radius 3 is 2.24 bits per heavy atom. The minimum absolute atomic E-state index is 0.244. The molecule has 2 aromatic carbocycles. The first-order valence-corrected chi connectivity index (χ1v) is 17.2. The average molecular weight is 633 g/mol. The zero-order valence-corrected chi connectivity index (χ0v) is 26.9. The smallest absolute Gasteiger partial charge is 0.335 e. The molecule has 1 N–H and O–H groups in total. The second-order valence-electron chi connectivity index (χ2n) is 12.2. The molecule has 1 saturated carbocycles. The number of methoxy groups -OCH3 is 1. The van der Waals surface area contributed by atoms with Crippen LogP contribution in [0.4, 0.5) is 0 Å². The minimum atomic E-state index is -0.941. The lowest BCUT2D eigenvalue weighted by molar-refractivity contribution is -0.00422. The number of carboxylic acid groups (broad SMARTS) is 1. The standard InChI is InChI=1S/C35H44N4O5S/c1-42-22-4-2-3-5-23-43-29-16-12-28(13-17-29)38-20-18-31(19-21-38)44-30-14-10-26(11-15-30)33-37-39-32(24-36-35(39)45-33)25-6-8-27(9-7-25)34(40)41/h6-11,14-15,24,28-29,31H,2-5,12-13,16-23H2,1H3,(H,40,41). The van der Waals surface area contributed by atoms with Crippen LogP contribution in [-0.2, 0) is 9.47 Å². The number of aromatic carboxylic acids is 1. The molecule has 0 spiro atoms. The van der Waals surface area contributed by atoms with Crippen LogP contribution >= 0.6 is 11.3 Å². The second-order valence-corrected chi connectivity index (χ2v) is 13.2. The molecule has 0 bridgehead atoms. The molecule has 0 amide bonds. The Labute approximate surface area is 269 Å². The van der Waals surface area contributed by atoms with E-state index in [1.165, 1.54) is 49.9 Å². The first-order chi connectivity index (χ1) is 22.1. The Morgan fingerprint density at radius 1 is 0.867 bits per heavy atom. The van der Waals surface area contributed by atoms with Crippen LogP contribution in [0.5, 0.6) is 5.75 Å². The topological polar surface area (TPSA) is 98.4 Å². The van der Waals surface area contributed by atoms with Crippen molar-refractivity contribution in [2.75, 3.05) is 33.4 Å². The molecule has 4 aromatic rings. The summed E-state index contributed by atoms with van der Waals surface area (Å²) in [6.07, 6.45) is 14.2. The highest BCUT2D eigenvalue weighted by Crippen LogP contribution is 2.32. The van der Waals surface area contributed by atoms with Gasteiger partial charge in [-0.05, 0) is 87.8 Å². The largest absolute Gasteiger partial charge is 0.490 e. The summed E-state index contributed by atoms with van der Waals surface area (Å²) < 4.78 is 19.5. The molecule has 2 aromatic heterocycles. The van der Waals surface area contributed by atoms with E-state index >= 15 is 0 Å². The van der Waals surface area contributed by atoms with Gasteiger partial charge >= 0.3 is 5.97 Å². The first kappa shape index (κ1) is 31.7. The Morgan fingerprint density at radius 2 is 1.56 bits per heavy atom. The lowest BCUT2D eigenvalue weighted by atomic mass is 9.90. The third kappa shape index (κ3) is 8.10. The predicted octanol–water partition coefficient (Wildman–Crippen LogP) is 7.20. The third-order valence-corrected chi connectivity index (χ3v) is 10.1. The van der Waals surface area contributed by atoms with E-state index in [0.717, 1.165) is 84.5 Å². The number of piperidine rings is 1. The van der Waals surface area contributed by atoms with Crippen LogP contribution in [0.25, 0.3) is 26.8 Å². The highest BCUT2D eigenvalue weighted by atomic mass is 32.1. The molecule has 9 nitrogen and oxygen atoms in total. The quantitative estimate of drug-likeness (QED) is 0.146. The van der Waals surface area contributed by atoms with Gasteiger partial charge in [-0.15, -0.1) is 0 Å². The van der Waals surface area contributed by atoms with Gasteiger partial charge in [-0.2, -0.15) is 5.10 Å².